The first-order chi connectivity index (χ1) is 16.3. The molecule has 1 aliphatic rings. The predicted octanol–water partition coefficient (Wildman–Crippen LogP) is 5.10. The van der Waals surface area contributed by atoms with Crippen LogP contribution in [0.4, 0.5) is 11.4 Å². The van der Waals surface area contributed by atoms with Crippen molar-refractivity contribution in [2.24, 2.45) is 5.92 Å². The summed E-state index contributed by atoms with van der Waals surface area (Å²) >= 11 is 0. The number of aromatic nitrogens is 1. The third kappa shape index (κ3) is 4.53. The lowest BCUT2D eigenvalue weighted by atomic mass is 10.1. The summed E-state index contributed by atoms with van der Waals surface area (Å²) in [5, 5.41) is 12.5. The van der Waals surface area contributed by atoms with Gasteiger partial charge in [-0.25, -0.2) is 0 Å². The fourth-order valence-electron chi connectivity index (χ4n) is 4.35. The van der Waals surface area contributed by atoms with Crippen molar-refractivity contribution in [1.29, 1.82) is 5.26 Å². The van der Waals surface area contributed by atoms with Crippen LogP contribution in [-0.4, -0.2) is 22.9 Å². The van der Waals surface area contributed by atoms with Gasteiger partial charge in [-0.2, -0.15) is 5.26 Å². The fourth-order valence-corrected chi connectivity index (χ4v) is 4.35. The van der Waals surface area contributed by atoms with Gasteiger partial charge in [0, 0.05) is 35.9 Å². The van der Waals surface area contributed by atoms with Crippen LogP contribution in [0.2, 0.25) is 0 Å². The van der Waals surface area contributed by atoms with Gasteiger partial charge in [-0.15, -0.1) is 0 Å². The smallest absolute Gasteiger partial charge is 0.266 e. The average molecular weight is 457 g/mol. The molecule has 0 saturated heterocycles. The number of aryl methyl sites for hydroxylation is 1. The Labute approximate surface area is 199 Å². The van der Waals surface area contributed by atoms with Crippen molar-refractivity contribution in [2.45, 2.75) is 40.7 Å². The Morgan fingerprint density at radius 1 is 1.24 bits per heavy atom. The molecule has 3 heterocycles. The zero-order valence-electron chi connectivity index (χ0n) is 19.9. The maximum atomic E-state index is 12.9. The minimum absolute atomic E-state index is 0.0436. The minimum atomic E-state index is -0.458. The van der Waals surface area contributed by atoms with Crippen LogP contribution in [0.25, 0.3) is 6.08 Å². The Morgan fingerprint density at radius 2 is 2.03 bits per heavy atom. The number of furan rings is 1. The standard InChI is InChI=1S/C27H28N4O3/c1-17(2)15-31-18(3)11-22(19(31)4)12-23(14-28)26(32)29-24-5-6-25-20(13-24)7-9-30(25)27(33)21-8-10-34-16-21/h5-6,8,10-13,16-17H,7,9,15H2,1-4H3,(H,29,32)/b23-12-. The van der Waals surface area contributed by atoms with E-state index in [1.807, 2.05) is 38.1 Å². The van der Waals surface area contributed by atoms with Crippen molar-refractivity contribution in [3.8, 4) is 6.07 Å². The van der Waals surface area contributed by atoms with E-state index >= 15 is 0 Å². The summed E-state index contributed by atoms with van der Waals surface area (Å²) in [6.07, 6.45) is 5.24. The number of nitrogens with zero attached hydrogens (tertiary/aromatic N) is 3. The summed E-state index contributed by atoms with van der Waals surface area (Å²) in [6, 6.07) is 11.1. The van der Waals surface area contributed by atoms with E-state index in [0.717, 1.165) is 34.7 Å². The second-order valence-electron chi connectivity index (χ2n) is 9.02. The molecule has 1 N–H and O–H groups in total. The highest BCUT2D eigenvalue weighted by Gasteiger charge is 2.26. The summed E-state index contributed by atoms with van der Waals surface area (Å²) in [4.78, 5) is 27.3. The van der Waals surface area contributed by atoms with Crippen molar-refractivity contribution >= 4 is 29.3 Å². The molecule has 0 aliphatic carbocycles. The third-order valence-electron chi connectivity index (χ3n) is 6.07. The number of anilines is 2. The van der Waals surface area contributed by atoms with Gasteiger partial charge in [-0.05, 0) is 73.7 Å². The summed E-state index contributed by atoms with van der Waals surface area (Å²) in [6.45, 7) is 9.80. The number of rotatable bonds is 6. The fraction of sp³-hybridized carbons (Fsp3) is 0.296. The highest BCUT2D eigenvalue weighted by Crippen LogP contribution is 2.32. The van der Waals surface area contributed by atoms with Crippen LogP contribution in [0.15, 0.2) is 52.8 Å². The number of benzene rings is 1. The molecule has 7 nitrogen and oxygen atoms in total. The molecule has 3 aromatic rings. The lowest BCUT2D eigenvalue weighted by Crippen LogP contribution is -2.28. The number of hydrogen-bond acceptors (Lipinski definition) is 4. The Hall–Kier alpha value is -4.05. The van der Waals surface area contributed by atoms with E-state index in [2.05, 4.69) is 23.7 Å². The molecule has 174 valence electrons. The zero-order valence-corrected chi connectivity index (χ0v) is 19.9. The van der Waals surface area contributed by atoms with Crippen LogP contribution >= 0.6 is 0 Å². The molecule has 0 spiro atoms. The van der Waals surface area contributed by atoms with Crippen molar-refractivity contribution in [3.63, 3.8) is 0 Å². The van der Waals surface area contributed by atoms with Crippen LogP contribution in [0.3, 0.4) is 0 Å². The Balaban J connectivity index is 1.52. The monoisotopic (exact) mass is 456 g/mol. The zero-order chi connectivity index (χ0) is 24.4. The molecule has 1 aromatic carbocycles. The van der Waals surface area contributed by atoms with E-state index in [1.54, 1.807) is 23.1 Å². The van der Waals surface area contributed by atoms with E-state index < -0.39 is 5.91 Å². The molecule has 0 bridgehead atoms. The first-order valence-electron chi connectivity index (χ1n) is 11.4. The van der Waals surface area contributed by atoms with E-state index in [0.29, 0.717) is 30.1 Å². The number of amides is 2. The average Bonchev–Trinajstić information content (AvgIpc) is 3.53. The Bertz CT molecular complexity index is 1310. The molecule has 1 aliphatic heterocycles. The minimum Gasteiger partial charge on any atom is -0.472 e. The predicted molar refractivity (Wildman–Crippen MR) is 131 cm³/mol. The molecule has 34 heavy (non-hydrogen) atoms. The largest absolute Gasteiger partial charge is 0.472 e. The maximum absolute atomic E-state index is 12.9. The van der Waals surface area contributed by atoms with Crippen LogP contribution in [-0.2, 0) is 17.8 Å². The van der Waals surface area contributed by atoms with Gasteiger partial charge in [0.15, 0.2) is 0 Å². The van der Waals surface area contributed by atoms with Gasteiger partial charge >= 0.3 is 0 Å². The molecule has 0 saturated carbocycles. The van der Waals surface area contributed by atoms with Gasteiger partial charge in [0.05, 0.1) is 11.8 Å². The molecule has 4 rings (SSSR count). The van der Waals surface area contributed by atoms with Gasteiger partial charge in [-0.1, -0.05) is 13.8 Å². The lowest BCUT2D eigenvalue weighted by Gasteiger charge is -2.16. The summed E-state index contributed by atoms with van der Waals surface area (Å²) in [7, 11) is 0. The number of carbonyl (C=O) groups excluding carboxylic acids is 2. The summed E-state index contributed by atoms with van der Waals surface area (Å²) < 4.78 is 7.23. The van der Waals surface area contributed by atoms with Crippen LogP contribution in [0.1, 0.15) is 46.7 Å². The number of nitriles is 1. The van der Waals surface area contributed by atoms with Gasteiger partial charge in [0.2, 0.25) is 0 Å². The van der Waals surface area contributed by atoms with Crippen molar-refractivity contribution < 1.29 is 14.0 Å². The van der Waals surface area contributed by atoms with Crippen LogP contribution in [0.5, 0.6) is 0 Å². The third-order valence-corrected chi connectivity index (χ3v) is 6.07. The second-order valence-corrected chi connectivity index (χ2v) is 9.02. The van der Waals surface area contributed by atoms with Crippen molar-refractivity contribution in [2.75, 3.05) is 16.8 Å². The van der Waals surface area contributed by atoms with Crippen LogP contribution in [0, 0.1) is 31.1 Å². The van der Waals surface area contributed by atoms with Crippen molar-refractivity contribution in [1.82, 2.24) is 4.57 Å². The molecular formula is C27H28N4O3. The maximum Gasteiger partial charge on any atom is 0.266 e. The highest BCUT2D eigenvalue weighted by atomic mass is 16.3. The molecule has 0 unspecified atom stereocenters. The normalized spacial score (nSPS) is 13.2. The van der Waals surface area contributed by atoms with Gasteiger partial charge in [-0.3, -0.25) is 9.59 Å². The first-order valence-corrected chi connectivity index (χ1v) is 11.4. The summed E-state index contributed by atoms with van der Waals surface area (Å²) in [5.41, 5.74) is 5.92. The van der Waals surface area contributed by atoms with E-state index in [1.165, 1.54) is 12.5 Å². The number of fused-ring (bicyclic) bond motifs is 1. The van der Waals surface area contributed by atoms with Crippen molar-refractivity contribution in [3.05, 3.63) is 76.5 Å². The molecule has 0 radical (unpaired) electrons. The lowest BCUT2D eigenvalue weighted by molar-refractivity contribution is -0.112. The van der Waals surface area contributed by atoms with Gasteiger partial charge in [0.25, 0.3) is 11.8 Å². The first kappa shape index (κ1) is 23.1. The molecule has 0 atom stereocenters. The van der Waals surface area contributed by atoms with Gasteiger partial charge in [0.1, 0.15) is 17.9 Å². The topological polar surface area (TPSA) is 91.3 Å². The second kappa shape index (κ2) is 9.44. The molecule has 7 heteroatoms. The van der Waals surface area contributed by atoms with E-state index in [9.17, 15) is 14.9 Å². The Kier molecular flexibility index (Phi) is 6.42. The number of nitrogens with one attached hydrogen (secondary N) is 1. The Morgan fingerprint density at radius 3 is 2.71 bits per heavy atom. The highest BCUT2D eigenvalue weighted by molar-refractivity contribution is 6.10. The SMILES string of the molecule is Cc1cc(/C=C(/C#N)C(=O)Nc2ccc3c(c2)CCN3C(=O)c2ccoc2)c(C)n1CC(C)C. The van der Waals surface area contributed by atoms with Gasteiger partial charge < -0.3 is 19.2 Å². The molecule has 0 fully saturated rings. The molecule has 2 amide bonds. The van der Waals surface area contributed by atoms with Crippen LogP contribution < -0.4 is 10.2 Å². The van der Waals surface area contributed by atoms with E-state index in [-0.39, 0.29) is 11.5 Å². The molecular weight excluding hydrogens is 428 g/mol. The summed E-state index contributed by atoms with van der Waals surface area (Å²) in [5.74, 6) is -0.0828. The quantitative estimate of drug-likeness (QED) is 0.413. The van der Waals surface area contributed by atoms with E-state index in [4.69, 9.17) is 4.42 Å². The number of carbonyl (C=O) groups is 2. The number of hydrogen-bond donors (Lipinski definition) is 1. The molecule has 2 aromatic heterocycles.